The largest absolute Gasteiger partial charge is 0.490 e. The van der Waals surface area contributed by atoms with Crippen LogP contribution in [0.2, 0.25) is 0 Å². The molecule has 4 heteroatoms. The molecule has 98 valence electrons. The summed E-state index contributed by atoms with van der Waals surface area (Å²) in [6, 6.07) is 7.22. The van der Waals surface area contributed by atoms with E-state index in [1.807, 2.05) is 19.1 Å². The lowest BCUT2D eigenvalue weighted by molar-refractivity contribution is -0.154. The van der Waals surface area contributed by atoms with Gasteiger partial charge in [0.25, 0.3) is 0 Å². The molecule has 1 aliphatic carbocycles. The van der Waals surface area contributed by atoms with Crippen LogP contribution in [-0.4, -0.2) is 23.3 Å². The van der Waals surface area contributed by atoms with E-state index in [9.17, 15) is 9.90 Å². The zero-order valence-electron chi connectivity index (χ0n) is 10.5. The number of carboxylic acid groups (broad SMARTS) is 1. The molecule has 2 rings (SSSR count). The van der Waals surface area contributed by atoms with Crippen LogP contribution in [0.5, 0.6) is 11.5 Å². The summed E-state index contributed by atoms with van der Waals surface area (Å²) in [4.78, 5) is 11.4. The minimum atomic E-state index is -1.08. The molecule has 0 aromatic heterocycles. The highest BCUT2D eigenvalue weighted by molar-refractivity contribution is 5.78. The molecule has 1 saturated carbocycles. The molecule has 18 heavy (non-hydrogen) atoms. The van der Waals surface area contributed by atoms with Crippen LogP contribution in [-0.2, 0) is 4.79 Å². The molecule has 0 unspecified atom stereocenters. The molecule has 0 bridgehead atoms. The van der Waals surface area contributed by atoms with Crippen molar-refractivity contribution in [1.29, 1.82) is 0 Å². The van der Waals surface area contributed by atoms with Crippen molar-refractivity contribution in [2.75, 3.05) is 6.61 Å². The second-order valence-electron chi connectivity index (χ2n) is 4.49. The van der Waals surface area contributed by atoms with Gasteiger partial charge < -0.3 is 14.6 Å². The molecule has 1 aliphatic rings. The van der Waals surface area contributed by atoms with E-state index in [0.29, 0.717) is 30.9 Å². The Kier molecular flexibility index (Phi) is 3.75. The van der Waals surface area contributed by atoms with E-state index < -0.39 is 11.6 Å². The van der Waals surface area contributed by atoms with E-state index in [-0.39, 0.29) is 0 Å². The van der Waals surface area contributed by atoms with Crippen molar-refractivity contribution in [3.8, 4) is 11.5 Å². The third-order valence-electron chi connectivity index (χ3n) is 3.26. The van der Waals surface area contributed by atoms with Gasteiger partial charge in [0, 0.05) is 0 Å². The fourth-order valence-electron chi connectivity index (χ4n) is 2.33. The van der Waals surface area contributed by atoms with Gasteiger partial charge in [0.05, 0.1) is 6.61 Å². The van der Waals surface area contributed by atoms with Gasteiger partial charge in [0.2, 0.25) is 5.60 Å². The molecule has 0 radical (unpaired) electrons. The first-order chi connectivity index (χ1) is 8.68. The van der Waals surface area contributed by atoms with Gasteiger partial charge in [0.1, 0.15) is 0 Å². The molecule has 0 atom stereocenters. The summed E-state index contributed by atoms with van der Waals surface area (Å²) in [5, 5.41) is 9.38. The van der Waals surface area contributed by atoms with Gasteiger partial charge in [-0.25, -0.2) is 4.79 Å². The van der Waals surface area contributed by atoms with Gasteiger partial charge >= 0.3 is 5.97 Å². The van der Waals surface area contributed by atoms with Crippen molar-refractivity contribution in [3.05, 3.63) is 24.3 Å². The van der Waals surface area contributed by atoms with E-state index in [4.69, 9.17) is 9.47 Å². The Morgan fingerprint density at radius 3 is 2.44 bits per heavy atom. The van der Waals surface area contributed by atoms with Gasteiger partial charge in [0.15, 0.2) is 11.5 Å². The van der Waals surface area contributed by atoms with Crippen LogP contribution in [0.15, 0.2) is 24.3 Å². The van der Waals surface area contributed by atoms with Crippen LogP contribution in [0.3, 0.4) is 0 Å². The maximum Gasteiger partial charge on any atom is 0.348 e. The summed E-state index contributed by atoms with van der Waals surface area (Å²) in [7, 11) is 0. The van der Waals surface area contributed by atoms with Crippen LogP contribution in [0.25, 0.3) is 0 Å². The normalized spacial score (nSPS) is 17.4. The monoisotopic (exact) mass is 250 g/mol. The first-order valence-corrected chi connectivity index (χ1v) is 6.32. The van der Waals surface area contributed by atoms with E-state index in [1.165, 1.54) is 0 Å². The first-order valence-electron chi connectivity index (χ1n) is 6.32. The molecule has 0 saturated heterocycles. The third kappa shape index (κ3) is 2.42. The molecular weight excluding hydrogens is 232 g/mol. The summed E-state index contributed by atoms with van der Waals surface area (Å²) in [5.74, 6) is 0.238. The molecule has 1 aromatic carbocycles. The fourth-order valence-corrected chi connectivity index (χ4v) is 2.33. The van der Waals surface area contributed by atoms with Crippen LogP contribution in [0.4, 0.5) is 0 Å². The summed E-state index contributed by atoms with van der Waals surface area (Å²) in [6.45, 7) is 2.42. The molecule has 0 aliphatic heterocycles. The Morgan fingerprint density at radius 2 is 1.89 bits per heavy atom. The number of aliphatic carboxylic acids is 1. The van der Waals surface area contributed by atoms with Gasteiger partial charge in [-0.05, 0) is 44.7 Å². The van der Waals surface area contributed by atoms with Crippen molar-refractivity contribution in [3.63, 3.8) is 0 Å². The van der Waals surface area contributed by atoms with E-state index >= 15 is 0 Å². The Morgan fingerprint density at radius 1 is 1.28 bits per heavy atom. The van der Waals surface area contributed by atoms with Crippen molar-refractivity contribution in [2.24, 2.45) is 0 Å². The highest BCUT2D eigenvalue weighted by Crippen LogP contribution is 2.38. The average Bonchev–Trinajstić information content (AvgIpc) is 2.82. The molecule has 0 amide bonds. The number of ether oxygens (including phenoxy) is 2. The number of benzene rings is 1. The quantitative estimate of drug-likeness (QED) is 0.873. The van der Waals surface area contributed by atoms with Crippen molar-refractivity contribution >= 4 is 5.97 Å². The molecule has 4 nitrogen and oxygen atoms in total. The SMILES string of the molecule is CCOc1ccccc1OC1(C(=O)O)CCCC1. The molecule has 1 aromatic rings. The summed E-state index contributed by atoms with van der Waals surface area (Å²) < 4.78 is 11.2. The van der Waals surface area contributed by atoms with Crippen molar-refractivity contribution in [2.45, 2.75) is 38.2 Å². The predicted octanol–water partition coefficient (Wildman–Crippen LogP) is 2.86. The molecule has 1 fully saturated rings. The second kappa shape index (κ2) is 5.29. The van der Waals surface area contributed by atoms with Crippen LogP contribution < -0.4 is 9.47 Å². The van der Waals surface area contributed by atoms with Gasteiger partial charge in [-0.15, -0.1) is 0 Å². The van der Waals surface area contributed by atoms with Gasteiger partial charge in [-0.2, -0.15) is 0 Å². The lowest BCUT2D eigenvalue weighted by Crippen LogP contribution is -2.41. The average molecular weight is 250 g/mol. The minimum absolute atomic E-state index is 0.517. The predicted molar refractivity (Wildman–Crippen MR) is 67.1 cm³/mol. The van der Waals surface area contributed by atoms with Gasteiger partial charge in [-0.1, -0.05) is 12.1 Å². The number of rotatable bonds is 5. The van der Waals surface area contributed by atoms with Crippen molar-refractivity contribution in [1.82, 2.24) is 0 Å². The Balaban J connectivity index is 2.24. The molecular formula is C14H18O4. The summed E-state index contributed by atoms with van der Waals surface area (Å²) in [5.41, 5.74) is -1.08. The van der Waals surface area contributed by atoms with Crippen LogP contribution in [0.1, 0.15) is 32.6 Å². The smallest absolute Gasteiger partial charge is 0.348 e. The zero-order chi connectivity index (χ0) is 13.0. The molecule has 0 heterocycles. The number of carbonyl (C=O) groups is 1. The second-order valence-corrected chi connectivity index (χ2v) is 4.49. The molecule has 0 spiro atoms. The lowest BCUT2D eigenvalue weighted by atomic mass is 10.0. The topological polar surface area (TPSA) is 55.8 Å². The van der Waals surface area contributed by atoms with Crippen LogP contribution in [0, 0.1) is 0 Å². The number of hydrogen-bond acceptors (Lipinski definition) is 3. The highest BCUT2D eigenvalue weighted by Gasteiger charge is 2.44. The molecule has 1 N–H and O–H groups in total. The summed E-state index contributed by atoms with van der Waals surface area (Å²) >= 11 is 0. The zero-order valence-corrected chi connectivity index (χ0v) is 10.5. The Labute approximate surface area is 107 Å². The van der Waals surface area contributed by atoms with E-state index in [2.05, 4.69) is 0 Å². The number of para-hydroxylation sites is 2. The van der Waals surface area contributed by atoms with Crippen molar-refractivity contribution < 1.29 is 19.4 Å². The lowest BCUT2D eigenvalue weighted by Gasteiger charge is -2.26. The Hall–Kier alpha value is -1.71. The van der Waals surface area contributed by atoms with Gasteiger partial charge in [-0.3, -0.25) is 0 Å². The Bertz CT molecular complexity index is 422. The van der Waals surface area contributed by atoms with Crippen LogP contribution >= 0.6 is 0 Å². The number of carboxylic acids is 1. The third-order valence-corrected chi connectivity index (χ3v) is 3.26. The maximum absolute atomic E-state index is 11.4. The highest BCUT2D eigenvalue weighted by atomic mass is 16.6. The first kappa shape index (κ1) is 12.7. The maximum atomic E-state index is 11.4. The standard InChI is InChI=1S/C14H18O4/c1-2-17-11-7-3-4-8-12(11)18-14(13(15)16)9-5-6-10-14/h3-4,7-8H,2,5-6,9-10H2,1H3,(H,15,16). The van der Waals surface area contributed by atoms with E-state index in [1.54, 1.807) is 12.1 Å². The van der Waals surface area contributed by atoms with E-state index in [0.717, 1.165) is 12.8 Å². The summed E-state index contributed by atoms with van der Waals surface area (Å²) in [6.07, 6.45) is 2.90. The fraction of sp³-hybridized carbons (Fsp3) is 0.500. The number of hydrogen-bond donors (Lipinski definition) is 1. The minimum Gasteiger partial charge on any atom is -0.490 e.